The quantitative estimate of drug-likeness (QED) is 0.868. The number of aromatic nitrogens is 2. The number of likely N-dealkylation sites (tertiary alicyclic amines) is 1. The molecule has 0 radical (unpaired) electrons. The molecule has 0 saturated carbocycles. The Morgan fingerprint density at radius 2 is 2.00 bits per heavy atom. The van der Waals surface area contributed by atoms with Gasteiger partial charge in [0.15, 0.2) is 0 Å². The molecular formula is C18H23N3O. The van der Waals surface area contributed by atoms with Gasteiger partial charge < -0.3 is 4.74 Å². The Bertz CT molecular complexity index is 641. The Morgan fingerprint density at radius 1 is 1.23 bits per heavy atom. The fraction of sp³-hybridized carbons (Fsp3) is 0.444. The van der Waals surface area contributed by atoms with E-state index in [0.717, 1.165) is 36.8 Å². The molecule has 1 atom stereocenters. The van der Waals surface area contributed by atoms with Crippen molar-refractivity contribution in [3.63, 3.8) is 0 Å². The molecule has 4 nitrogen and oxygen atoms in total. The smallest absolute Gasteiger partial charge is 0.148 e. The summed E-state index contributed by atoms with van der Waals surface area (Å²) < 4.78 is 5.23. The Labute approximate surface area is 132 Å². The van der Waals surface area contributed by atoms with Crippen LogP contribution in [0.15, 0.2) is 36.5 Å². The second-order valence-electron chi connectivity index (χ2n) is 6.17. The fourth-order valence-electron chi connectivity index (χ4n) is 3.19. The fourth-order valence-corrected chi connectivity index (χ4v) is 3.19. The third-order valence-corrected chi connectivity index (χ3v) is 4.60. The van der Waals surface area contributed by atoms with Crippen molar-refractivity contribution in [3.8, 4) is 5.75 Å². The van der Waals surface area contributed by atoms with Crippen molar-refractivity contribution >= 4 is 0 Å². The highest BCUT2D eigenvalue weighted by Gasteiger charge is 2.40. The zero-order valence-electron chi connectivity index (χ0n) is 13.5. The lowest BCUT2D eigenvalue weighted by Crippen LogP contribution is -2.39. The SMILES string of the molecule is COc1ccc(CN2CCCC2(C)c2nccc(C)n2)cc1. The van der Waals surface area contributed by atoms with Crippen LogP contribution in [0.25, 0.3) is 0 Å². The van der Waals surface area contributed by atoms with Crippen LogP contribution in [0.2, 0.25) is 0 Å². The molecule has 116 valence electrons. The van der Waals surface area contributed by atoms with Gasteiger partial charge in [-0.1, -0.05) is 12.1 Å². The molecule has 0 aliphatic carbocycles. The summed E-state index contributed by atoms with van der Waals surface area (Å²) in [7, 11) is 1.70. The predicted octanol–water partition coefficient (Wildman–Crippen LogP) is 3.30. The van der Waals surface area contributed by atoms with Crippen molar-refractivity contribution < 1.29 is 4.74 Å². The molecule has 0 N–H and O–H groups in total. The van der Waals surface area contributed by atoms with Crippen molar-refractivity contribution in [2.75, 3.05) is 13.7 Å². The van der Waals surface area contributed by atoms with E-state index in [1.165, 1.54) is 12.0 Å². The number of hydrogen-bond acceptors (Lipinski definition) is 4. The summed E-state index contributed by atoms with van der Waals surface area (Å²) >= 11 is 0. The Hall–Kier alpha value is -1.94. The summed E-state index contributed by atoms with van der Waals surface area (Å²) in [6, 6.07) is 10.3. The average molecular weight is 297 g/mol. The summed E-state index contributed by atoms with van der Waals surface area (Å²) in [5.41, 5.74) is 2.25. The van der Waals surface area contributed by atoms with E-state index in [9.17, 15) is 0 Å². The van der Waals surface area contributed by atoms with Crippen LogP contribution >= 0.6 is 0 Å². The molecule has 1 saturated heterocycles. The first-order valence-electron chi connectivity index (χ1n) is 7.80. The Kier molecular flexibility index (Phi) is 4.12. The summed E-state index contributed by atoms with van der Waals surface area (Å²) in [6.07, 6.45) is 4.16. The predicted molar refractivity (Wildman–Crippen MR) is 86.8 cm³/mol. The van der Waals surface area contributed by atoms with Gasteiger partial charge in [-0.3, -0.25) is 4.90 Å². The van der Waals surface area contributed by atoms with Gasteiger partial charge in [-0.15, -0.1) is 0 Å². The van der Waals surface area contributed by atoms with E-state index >= 15 is 0 Å². The second kappa shape index (κ2) is 6.05. The molecule has 1 aliphatic heterocycles. The number of aryl methyl sites for hydroxylation is 1. The van der Waals surface area contributed by atoms with Gasteiger partial charge in [0, 0.05) is 18.4 Å². The lowest BCUT2D eigenvalue weighted by atomic mass is 9.97. The van der Waals surface area contributed by atoms with Crippen LogP contribution in [0.3, 0.4) is 0 Å². The zero-order chi connectivity index (χ0) is 15.6. The van der Waals surface area contributed by atoms with Crippen LogP contribution in [0.1, 0.15) is 36.8 Å². The van der Waals surface area contributed by atoms with Gasteiger partial charge in [-0.2, -0.15) is 0 Å². The van der Waals surface area contributed by atoms with Gasteiger partial charge in [0.1, 0.15) is 11.6 Å². The molecule has 4 heteroatoms. The molecule has 2 aromatic rings. The third kappa shape index (κ3) is 2.83. The number of nitrogens with zero attached hydrogens (tertiary/aromatic N) is 3. The van der Waals surface area contributed by atoms with E-state index in [1.54, 1.807) is 7.11 Å². The molecule has 1 fully saturated rings. The van der Waals surface area contributed by atoms with Crippen LogP contribution in [0.5, 0.6) is 5.75 Å². The maximum Gasteiger partial charge on any atom is 0.148 e. The van der Waals surface area contributed by atoms with Crippen molar-refractivity contribution in [1.29, 1.82) is 0 Å². The minimum atomic E-state index is -0.0774. The standard InChI is InChI=1S/C18H23N3O/c1-14-9-11-19-17(20-14)18(2)10-4-12-21(18)13-15-5-7-16(22-3)8-6-15/h5-9,11H,4,10,12-13H2,1-3H3. The van der Waals surface area contributed by atoms with Gasteiger partial charge >= 0.3 is 0 Å². The molecule has 1 unspecified atom stereocenters. The van der Waals surface area contributed by atoms with E-state index in [1.807, 2.05) is 31.3 Å². The number of methoxy groups -OCH3 is 1. The van der Waals surface area contributed by atoms with Crippen molar-refractivity contribution in [2.45, 2.75) is 38.8 Å². The summed E-state index contributed by atoms with van der Waals surface area (Å²) in [6.45, 7) is 6.28. The van der Waals surface area contributed by atoms with Crippen LogP contribution in [-0.2, 0) is 12.1 Å². The first-order chi connectivity index (χ1) is 10.6. The largest absolute Gasteiger partial charge is 0.497 e. The molecule has 3 rings (SSSR count). The van der Waals surface area contributed by atoms with E-state index in [2.05, 4.69) is 33.9 Å². The number of ether oxygens (including phenoxy) is 1. The maximum absolute atomic E-state index is 5.23. The van der Waals surface area contributed by atoms with E-state index in [4.69, 9.17) is 4.74 Å². The average Bonchev–Trinajstić information content (AvgIpc) is 2.90. The molecular weight excluding hydrogens is 274 g/mol. The van der Waals surface area contributed by atoms with Crippen molar-refractivity contribution in [3.05, 3.63) is 53.6 Å². The molecule has 22 heavy (non-hydrogen) atoms. The number of benzene rings is 1. The molecule has 0 amide bonds. The zero-order valence-corrected chi connectivity index (χ0v) is 13.5. The van der Waals surface area contributed by atoms with Gasteiger partial charge in [0.2, 0.25) is 0 Å². The minimum Gasteiger partial charge on any atom is -0.497 e. The monoisotopic (exact) mass is 297 g/mol. The van der Waals surface area contributed by atoms with Crippen LogP contribution in [0.4, 0.5) is 0 Å². The molecule has 2 heterocycles. The summed E-state index contributed by atoms with van der Waals surface area (Å²) in [5, 5.41) is 0. The third-order valence-electron chi connectivity index (χ3n) is 4.60. The highest BCUT2D eigenvalue weighted by molar-refractivity contribution is 5.27. The van der Waals surface area contributed by atoms with Crippen molar-refractivity contribution in [2.24, 2.45) is 0 Å². The first kappa shape index (κ1) is 15.0. The van der Waals surface area contributed by atoms with Crippen LogP contribution in [-0.4, -0.2) is 28.5 Å². The summed E-state index contributed by atoms with van der Waals surface area (Å²) in [4.78, 5) is 11.7. The summed E-state index contributed by atoms with van der Waals surface area (Å²) in [5.74, 6) is 1.84. The molecule has 1 aliphatic rings. The lowest BCUT2D eigenvalue weighted by molar-refractivity contribution is 0.137. The van der Waals surface area contributed by atoms with E-state index in [-0.39, 0.29) is 5.54 Å². The van der Waals surface area contributed by atoms with E-state index in [0.29, 0.717) is 0 Å². The van der Waals surface area contributed by atoms with Gasteiger partial charge in [0.25, 0.3) is 0 Å². The Morgan fingerprint density at radius 3 is 2.68 bits per heavy atom. The van der Waals surface area contributed by atoms with Gasteiger partial charge in [0.05, 0.1) is 12.6 Å². The topological polar surface area (TPSA) is 38.2 Å². The van der Waals surface area contributed by atoms with Crippen LogP contribution < -0.4 is 4.74 Å². The van der Waals surface area contributed by atoms with Crippen molar-refractivity contribution in [1.82, 2.24) is 14.9 Å². The Balaban J connectivity index is 1.82. The molecule has 1 aromatic heterocycles. The maximum atomic E-state index is 5.23. The molecule has 0 bridgehead atoms. The highest BCUT2D eigenvalue weighted by Crippen LogP contribution is 2.37. The molecule has 0 spiro atoms. The highest BCUT2D eigenvalue weighted by atomic mass is 16.5. The molecule has 1 aromatic carbocycles. The lowest BCUT2D eigenvalue weighted by Gasteiger charge is -2.34. The van der Waals surface area contributed by atoms with Gasteiger partial charge in [-0.25, -0.2) is 9.97 Å². The van der Waals surface area contributed by atoms with Gasteiger partial charge in [-0.05, 0) is 57.0 Å². The van der Waals surface area contributed by atoms with Crippen LogP contribution in [0, 0.1) is 6.92 Å². The number of hydrogen-bond donors (Lipinski definition) is 0. The first-order valence-corrected chi connectivity index (χ1v) is 7.80. The normalized spacial score (nSPS) is 22.0. The minimum absolute atomic E-state index is 0.0774. The second-order valence-corrected chi connectivity index (χ2v) is 6.17. The van der Waals surface area contributed by atoms with E-state index < -0.39 is 0 Å². The number of rotatable bonds is 4.